The predicted molar refractivity (Wildman–Crippen MR) is 85.5 cm³/mol. The lowest BCUT2D eigenvalue weighted by atomic mass is 10.1. The first-order chi connectivity index (χ1) is 8.80. The zero-order chi connectivity index (χ0) is 14.2. The second-order valence-corrected chi connectivity index (χ2v) is 8.21. The standard InChI is InChI=1S/C12H15BrN2O2S2/c1-8-7-19(16,17)5-4-15(8)9-2-3-10(12(14)18)11(13)6-9/h2-3,6,8H,4-5,7H2,1H3,(H2,14,18). The largest absolute Gasteiger partial charge is 0.389 e. The van der Waals surface area contributed by atoms with Crippen molar-refractivity contribution in [3.8, 4) is 0 Å². The Labute approximate surface area is 127 Å². The molecule has 104 valence electrons. The highest BCUT2D eigenvalue weighted by Crippen LogP contribution is 2.27. The number of nitrogens with zero attached hydrogens (tertiary/aromatic N) is 1. The van der Waals surface area contributed by atoms with Gasteiger partial charge in [0, 0.05) is 28.3 Å². The van der Waals surface area contributed by atoms with Gasteiger partial charge in [-0.05, 0) is 41.1 Å². The average molecular weight is 363 g/mol. The molecule has 0 radical (unpaired) electrons. The number of hydrogen-bond donors (Lipinski definition) is 1. The Morgan fingerprint density at radius 1 is 1.53 bits per heavy atom. The molecule has 0 aromatic heterocycles. The van der Waals surface area contributed by atoms with Gasteiger partial charge in [-0.3, -0.25) is 0 Å². The average Bonchev–Trinajstić information content (AvgIpc) is 2.26. The number of rotatable bonds is 2. The fraction of sp³-hybridized carbons (Fsp3) is 0.417. The molecular weight excluding hydrogens is 348 g/mol. The highest BCUT2D eigenvalue weighted by molar-refractivity contribution is 9.10. The molecule has 0 amide bonds. The van der Waals surface area contributed by atoms with E-state index in [9.17, 15) is 8.42 Å². The third-order valence-electron chi connectivity index (χ3n) is 3.22. The quantitative estimate of drug-likeness (QED) is 0.811. The summed E-state index contributed by atoms with van der Waals surface area (Å²) < 4.78 is 24.0. The van der Waals surface area contributed by atoms with Crippen LogP contribution in [0.15, 0.2) is 22.7 Å². The number of halogens is 1. The van der Waals surface area contributed by atoms with Crippen molar-refractivity contribution in [1.29, 1.82) is 0 Å². The number of anilines is 1. The topological polar surface area (TPSA) is 63.4 Å². The molecule has 1 aliphatic rings. The van der Waals surface area contributed by atoms with Gasteiger partial charge in [-0.2, -0.15) is 0 Å². The van der Waals surface area contributed by atoms with Crippen molar-refractivity contribution in [2.24, 2.45) is 5.73 Å². The molecule has 2 N–H and O–H groups in total. The molecule has 1 aromatic rings. The SMILES string of the molecule is CC1CS(=O)(=O)CCN1c1ccc(C(N)=S)c(Br)c1. The molecule has 1 aliphatic heterocycles. The summed E-state index contributed by atoms with van der Waals surface area (Å²) in [4.78, 5) is 2.43. The van der Waals surface area contributed by atoms with Crippen LogP contribution in [0.4, 0.5) is 5.69 Å². The van der Waals surface area contributed by atoms with Crippen LogP contribution in [0.5, 0.6) is 0 Å². The number of hydrogen-bond acceptors (Lipinski definition) is 4. The highest BCUT2D eigenvalue weighted by atomic mass is 79.9. The van der Waals surface area contributed by atoms with Gasteiger partial charge >= 0.3 is 0 Å². The summed E-state index contributed by atoms with van der Waals surface area (Å²) in [5.41, 5.74) is 7.38. The first-order valence-corrected chi connectivity index (χ1v) is 8.89. The van der Waals surface area contributed by atoms with E-state index in [2.05, 4.69) is 20.8 Å². The molecule has 4 nitrogen and oxygen atoms in total. The van der Waals surface area contributed by atoms with Crippen LogP contribution in [0.25, 0.3) is 0 Å². The van der Waals surface area contributed by atoms with Crippen molar-refractivity contribution < 1.29 is 8.42 Å². The van der Waals surface area contributed by atoms with Crippen LogP contribution in [0, 0.1) is 0 Å². The van der Waals surface area contributed by atoms with Crippen LogP contribution in [0.3, 0.4) is 0 Å². The molecule has 2 rings (SSSR count). The third-order valence-corrected chi connectivity index (χ3v) is 5.89. The van der Waals surface area contributed by atoms with E-state index >= 15 is 0 Å². The van der Waals surface area contributed by atoms with E-state index in [4.69, 9.17) is 18.0 Å². The van der Waals surface area contributed by atoms with Gasteiger partial charge in [-0.15, -0.1) is 0 Å². The number of benzene rings is 1. The Morgan fingerprint density at radius 2 is 2.21 bits per heavy atom. The van der Waals surface area contributed by atoms with Crippen LogP contribution in [-0.2, 0) is 9.84 Å². The van der Waals surface area contributed by atoms with Gasteiger partial charge in [0.25, 0.3) is 0 Å². The zero-order valence-electron chi connectivity index (χ0n) is 10.5. The number of nitrogens with two attached hydrogens (primary N) is 1. The summed E-state index contributed by atoms with van der Waals surface area (Å²) in [6.45, 7) is 2.44. The molecule has 0 spiro atoms. The summed E-state index contributed by atoms with van der Waals surface area (Å²) in [5, 5.41) is 0. The van der Waals surface area contributed by atoms with Crippen molar-refractivity contribution >= 4 is 48.7 Å². The first kappa shape index (κ1) is 14.7. The highest BCUT2D eigenvalue weighted by Gasteiger charge is 2.28. The van der Waals surface area contributed by atoms with Crippen LogP contribution < -0.4 is 10.6 Å². The first-order valence-electron chi connectivity index (χ1n) is 5.86. The predicted octanol–water partition coefficient (Wildman–Crippen LogP) is 1.71. The van der Waals surface area contributed by atoms with Gasteiger partial charge in [-0.1, -0.05) is 12.2 Å². The van der Waals surface area contributed by atoms with Crippen molar-refractivity contribution in [2.75, 3.05) is 23.0 Å². The molecule has 1 saturated heterocycles. The Balaban J connectivity index is 2.28. The van der Waals surface area contributed by atoms with Crippen LogP contribution in [0.2, 0.25) is 0 Å². The minimum Gasteiger partial charge on any atom is -0.389 e. The zero-order valence-corrected chi connectivity index (χ0v) is 13.7. The monoisotopic (exact) mass is 362 g/mol. The van der Waals surface area contributed by atoms with Gasteiger partial charge in [0.1, 0.15) is 4.99 Å². The summed E-state index contributed by atoms with van der Waals surface area (Å²) in [6, 6.07) is 5.69. The Kier molecular flexibility index (Phi) is 4.17. The second kappa shape index (κ2) is 5.38. The molecular formula is C12H15BrN2O2S2. The minimum absolute atomic E-state index is 0.0265. The summed E-state index contributed by atoms with van der Waals surface area (Å²) in [5.74, 6) is 0.397. The van der Waals surface area contributed by atoms with E-state index < -0.39 is 9.84 Å². The smallest absolute Gasteiger partial charge is 0.154 e. The van der Waals surface area contributed by atoms with Crippen molar-refractivity contribution in [2.45, 2.75) is 13.0 Å². The number of thiocarbonyl (C=S) groups is 1. The van der Waals surface area contributed by atoms with E-state index in [0.717, 1.165) is 15.7 Å². The molecule has 1 atom stereocenters. The lowest BCUT2D eigenvalue weighted by Crippen LogP contribution is -2.47. The van der Waals surface area contributed by atoms with Gasteiger partial charge in [0.15, 0.2) is 9.84 Å². The minimum atomic E-state index is -2.90. The van der Waals surface area contributed by atoms with E-state index in [0.29, 0.717) is 11.5 Å². The normalized spacial score (nSPS) is 22.2. The van der Waals surface area contributed by atoms with Crippen LogP contribution in [0.1, 0.15) is 12.5 Å². The third kappa shape index (κ3) is 3.27. The van der Waals surface area contributed by atoms with E-state index in [1.165, 1.54) is 0 Å². The van der Waals surface area contributed by atoms with E-state index in [1.54, 1.807) is 0 Å². The molecule has 19 heavy (non-hydrogen) atoms. The number of sulfone groups is 1. The molecule has 0 bridgehead atoms. The molecule has 1 fully saturated rings. The molecule has 1 aromatic carbocycles. The lowest BCUT2D eigenvalue weighted by molar-refractivity contribution is 0.568. The van der Waals surface area contributed by atoms with E-state index in [-0.39, 0.29) is 17.5 Å². The van der Waals surface area contributed by atoms with Crippen molar-refractivity contribution in [3.05, 3.63) is 28.2 Å². The summed E-state index contributed by atoms with van der Waals surface area (Å²) in [6.07, 6.45) is 0. The van der Waals surface area contributed by atoms with Crippen LogP contribution >= 0.6 is 28.1 Å². The maximum atomic E-state index is 11.6. The Hall–Kier alpha value is -0.660. The maximum absolute atomic E-state index is 11.6. The fourth-order valence-corrected chi connectivity index (χ4v) is 4.71. The molecule has 7 heteroatoms. The van der Waals surface area contributed by atoms with Crippen molar-refractivity contribution in [1.82, 2.24) is 0 Å². The molecule has 1 heterocycles. The van der Waals surface area contributed by atoms with E-state index in [1.807, 2.05) is 25.1 Å². The lowest BCUT2D eigenvalue weighted by Gasteiger charge is -2.35. The van der Waals surface area contributed by atoms with Gasteiger partial charge in [0.05, 0.1) is 11.5 Å². The van der Waals surface area contributed by atoms with Crippen LogP contribution in [-0.4, -0.2) is 37.5 Å². The molecule has 0 saturated carbocycles. The molecule has 0 aliphatic carbocycles. The van der Waals surface area contributed by atoms with Gasteiger partial charge in [-0.25, -0.2) is 8.42 Å². The van der Waals surface area contributed by atoms with Crippen molar-refractivity contribution in [3.63, 3.8) is 0 Å². The summed E-state index contributed by atoms with van der Waals surface area (Å²) in [7, 11) is -2.90. The summed E-state index contributed by atoms with van der Waals surface area (Å²) >= 11 is 8.40. The Bertz CT molecular complexity index is 616. The van der Waals surface area contributed by atoms with Gasteiger partial charge in [0.2, 0.25) is 0 Å². The molecule has 1 unspecified atom stereocenters. The second-order valence-electron chi connectivity index (χ2n) is 4.69. The maximum Gasteiger partial charge on any atom is 0.154 e. The Morgan fingerprint density at radius 3 is 2.74 bits per heavy atom. The van der Waals surface area contributed by atoms with Gasteiger partial charge < -0.3 is 10.6 Å². The fourth-order valence-electron chi connectivity index (χ4n) is 2.26.